The number of fused-ring (bicyclic) bond motifs is 6. The minimum Gasteiger partial charge on any atom is -0.456 e. The highest BCUT2D eigenvalue weighted by Crippen LogP contribution is 2.43. The van der Waals surface area contributed by atoms with Crippen LogP contribution >= 0.6 is 0 Å². The van der Waals surface area contributed by atoms with Gasteiger partial charge in [-0.1, -0.05) is 97.1 Å². The molecule has 0 bridgehead atoms. The van der Waals surface area contributed by atoms with E-state index in [0.29, 0.717) is 0 Å². The standard InChI is InChI=1S/C40H26N4O/c1-3-11-27(12-4-1)32-15-7-9-17-37(32)43(31-22-23-34-33-16-8-10-18-38(33)45-39(34)26-31)30-21-19-28-20-24-36-40(35(28)25-30)42-44(41-36)29-13-5-2-6-14-29/h1-26H. The highest BCUT2D eigenvalue weighted by molar-refractivity contribution is 6.08. The Bertz CT molecular complexity index is 2500. The zero-order valence-corrected chi connectivity index (χ0v) is 24.2. The number of benzene rings is 7. The number of nitrogens with zero attached hydrogens (tertiary/aromatic N) is 4. The molecule has 5 nitrogen and oxygen atoms in total. The minimum absolute atomic E-state index is 0.850. The number of aromatic nitrogens is 3. The Balaban J connectivity index is 1.28. The van der Waals surface area contributed by atoms with Crippen LogP contribution in [0.15, 0.2) is 162 Å². The smallest absolute Gasteiger partial charge is 0.137 e. The van der Waals surface area contributed by atoms with Crippen molar-refractivity contribution in [2.75, 3.05) is 4.90 Å². The van der Waals surface area contributed by atoms with Gasteiger partial charge in [0.2, 0.25) is 0 Å². The topological polar surface area (TPSA) is 47.1 Å². The first kappa shape index (κ1) is 25.3. The summed E-state index contributed by atoms with van der Waals surface area (Å²) in [6.07, 6.45) is 0. The van der Waals surface area contributed by atoms with Crippen LogP contribution in [0.5, 0.6) is 0 Å². The zero-order valence-electron chi connectivity index (χ0n) is 24.2. The van der Waals surface area contributed by atoms with Crippen LogP contribution in [0, 0.1) is 0 Å². The van der Waals surface area contributed by atoms with Crippen molar-refractivity contribution in [2.24, 2.45) is 0 Å². The Labute approximate surface area is 259 Å². The average molecular weight is 579 g/mol. The van der Waals surface area contributed by atoms with Crippen molar-refractivity contribution in [2.45, 2.75) is 0 Å². The molecule has 0 N–H and O–H groups in total. The van der Waals surface area contributed by atoms with Gasteiger partial charge in [-0.3, -0.25) is 0 Å². The quantitative estimate of drug-likeness (QED) is 0.204. The summed E-state index contributed by atoms with van der Waals surface area (Å²) in [4.78, 5) is 4.03. The SMILES string of the molecule is c1ccc(-c2ccccc2N(c2ccc3c(c2)oc2ccccc23)c2ccc3ccc4nn(-c5ccccc5)nc4c3c2)cc1. The number of hydrogen-bond donors (Lipinski definition) is 0. The van der Waals surface area contributed by atoms with Crippen molar-refractivity contribution in [1.82, 2.24) is 15.0 Å². The van der Waals surface area contributed by atoms with Crippen LogP contribution in [-0.2, 0) is 0 Å². The molecule has 0 atom stereocenters. The van der Waals surface area contributed by atoms with E-state index in [1.165, 1.54) is 0 Å². The van der Waals surface area contributed by atoms with Crippen molar-refractivity contribution >= 4 is 60.8 Å². The molecule has 7 aromatic carbocycles. The predicted molar refractivity (Wildman–Crippen MR) is 184 cm³/mol. The number of para-hydroxylation sites is 3. The van der Waals surface area contributed by atoms with Crippen LogP contribution in [0.4, 0.5) is 17.1 Å². The molecule has 0 aliphatic heterocycles. The highest BCUT2D eigenvalue weighted by Gasteiger charge is 2.20. The van der Waals surface area contributed by atoms with Crippen LogP contribution in [0.2, 0.25) is 0 Å². The first-order valence-electron chi connectivity index (χ1n) is 15.0. The first-order chi connectivity index (χ1) is 22.3. The van der Waals surface area contributed by atoms with Crippen LogP contribution in [0.3, 0.4) is 0 Å². The molecule has 9 aromatic rings. The summed E-state index contributed by atoms with van der Waals surface area (Å²) in [6.45, 7) is 0. The first-order valence-corrected chi connectivity index (χ1v) is 15.0. The van der Waals surface area contributed by atoms with Crippen molar-refractivity contribution in [3.05, 3.63) is 158 Å². The summed E-state index contributed by atoms with van der Waals surface area (Å²) in [5.74, 6) is 0. The summed E-state index contributed by atoms with van der Waals surface area (Å²) >= 11 is 0. The van der Waals surface area contributed by atoms with Gasteiger partial charge in [0.05, 0.1) is 11.4 Å². The monoisotopic (exact) mass is 578 g/mol. The molecule has 5 heteroatoms. The number of anilines is 3. The molecule has 0 saturated heterocycles. The van der Waals surface area contributed by atoms with Crippen LogP contribution in [0.25, 0.3) is 60.6 Å². The molecule has 0 spiro atoms. The fourth-order valence-corrected chi connectivity index (χ4v) is 6.31. The van der Waals surface area contributed by atoms with Gasteiger partial charge in [0, 0.05) is 39.2 Å². The third-order valence-corrected chi connectivity index (χ3v) is 8.45. The van der Waals surface area contributed by atoms with Crippen molar-refractivity contribution in [1.29, 1.82) is 0 Å². The lowest BCUT2D eigenvalue weighted by Crippen LogP contribution is -2.11. The van der Waals surface area contributed by atoms with Crippen molar-refractivity contribution in [3.63, 3.8) is 0 Å². The molecule has 45 heavy (non-hydrogen) atoms. The zero-order chi connectivity index (χ0) is 29.7. The van der Waals surface area contributed by atoms with E-state index in [1.807, 2.05) is 48.5 Å². The average Bonchev–Trinajstić information content (AvgIpc) is 3.71. The van der Waals surface area contributed by atoms with Crippen LogP contribution < -0.4 is 4.90 Å². The second-order valence-electron chi connectivity index (χ2n) is 11.2. The number of furan rings is 1. The number of hydrogen-bond acceptors (Lipinski definition) is 4. The summed E-state index contributed by atoms with van der Waals surface area (Å²) in [5.41, 5.74) is 9.75. The second kappa shape index (κ2) is 10.2. The Morgan fingerprint density at radius 3 is 2.09 bits per heavy atom. The van der Waals surface area contributed by atoms with Crippen LogP contribution in [-0.4, -0.2) is 15.0 Å². The molecular weight excluding hydrogens is 552 g/mol. The third-order valence-electron chi connectivity index (χ3n) is 8.45. The minimum atomic E-state index is 0.850. The fourth-order valence-electron chi connectivity index (χ4n) is 6.31. The van der Waals surface area contributed by atoms with E-state index >= 15 is 0 Å². The normalized spacial score (nSPS) is 11.6. The molecule has 0 amide bonds. The van der Waals surface area contributed by atoms with E-state index in [4.69, 9.17) is 14.6 Å². The van der Waals surface area contributed by atoms with Gasteiger partial charge >= 0.3 is 0 Å². The van der Waals surface area contributed by atoms with E-state index < -0.39 is 0 Å². The van der Waals surface area contributed by atoms with E-state index in [0.717, 1.165) is 77.6 Å². The fraction of sp³-hybridized carbons (Fsp3) is 0. The molecule has 0 saturated carbocycles. The number of rotatable bonds is 5. The Kier molecular flexibility index (Phi) is 5.74. The van der Waals surface area contributed by atoms with Crippen molar-refractivity contribution < 1.29 is 4.42 Å². The molecule has 0 unspecified atom stereocenters. The van der Waals surface area contributed by atoms with Gasteiger partial charge in [-0.15, -0.1) is 10.2 Å². The molecule has 2 heterocycles. The van der Waals surface area contributed by atoms with Gasteiger partial charge in [-0.2, -0.15) is 4.80 Å². The van der Waals surface area contributed by atoms with Gasteiger partial charge in [0.15, 0.2) is 0 Å². The van der Waals surface area contributed by atoms with E-state index in [9.17, 15) is 0 Å². The van der Waals surface area contributed by atoms with E-state index in [1.54, 1.807) is 4.80 Å². The van der Waals surface area contributed by atoms with E-state index in [2.05, 4.69) is 114 Å². The Morgan fingerprint density at radius 2 is 1.20 bits per heavy atom. The molecule has 0 aliphatic rings. The third kappa shape index (κ3) is 4.25. The van der Waals surface area contributed by atoms with Gasteiger partial charge in [0.25, 0.3) is 0 Å². The molecule has 9 rings (SSSR count). The predicted octanol–water partition coefficient (Wildman–Crippen LogP) is 10.6. The molecule has 0 aliphatic carbocycles. The second-order valence-corrected chi connectivity index (χ2v) is 11.2. The molecule has 0 radical (unpaired) electrons. The van der Waals surface area contributed by atoms with Gasteiger partial charge in [-0.05, 0) is 65.5 Å². The van der Waals surface area contributed by atoms with Crippen LogP contribution in [0.1, 0.15) is 0 Å². The van der Waals surface area contributed by atoms with Gasteiger partial charge < -0.3 is 9.32 Å². The maximum atomic E-state index is 6.35. The van der Waals surface area contributed by atoms with Gasteiger partial charge in [-0.25, -0.2) is 0 Å². The van der Waals surface area contributed by atoms with Crippen molar-refractivity contribution in [3.8, 4) is 16.8 Å². The summed E-state index contributed by atoms with van der Waals surface area (Å²) in [5, 5.41) is 14.1. The highest BCUT2D eigenvalue weighted by atomic mass is 16.3. The molecular formula is C40H26N4O. The lowest BCUT2D eigenvalue weighted by atomic mass is 10.0. The molecule has 2 aromatic heterocycles. The Hall–Kier alpha value is -6.20. The summed E-state index contributed by atoms with van der Waals surface area (Å²) < 4.78 is 6.35. The van der Waals surface area contributed by atoms with Gasteiger partial charge in [0.1, 0.15) is 22.2 Å². The maximum absolute atomic E-state index is 6.35. The molecule has 0 fully saturated rings. The summed E-state index contributed by atoms with van der Waals surface area (Å²) in [7, 11) is 0. The maximum Gasteiger partial charge on any atom is 0.137 e. The lowest BCUT2D eigenvalue weighted by molar-refractivity contribution is 0.669. The largest absolute Gasteiger partial charge is 0.456 e. The van der Waals surface area contributed by atoms with E-state index in [-0.39, 0.29) is 0 Å². The Morgan fingerprint density at radius 1 is 0.511 bits per heavy atom. The molecule has 212 valence electrons. The summed E-state index contributed by atoms with van der Waals surface area (Å²) in [6, 6.07) is 54.6. The lowest BCUT2D eigenvalue weighted by Gasteiger charge is -2.28.